The summed E-state index contributed by atoms with van der Waals surface area (Å²) in [5, 5.41) is 5.57. The highest BCUT2D eigenvalue weighted by Crippen LogP contribution is 2.38. The lowest BCUT2D eigenvalue weighted by Gasteiger charge is -2.12. The number of benzene rings is 3. The molecule has 34 heavy (non-hydrogen) atoms. The zero-order valence-corrected chi connectivity index (χ0v) is 19.4. The van der Waals surface area contributed by atoms with Crippen molar-refractivity contribution in [3.05, 3.63) is 77.9 Å². The van der Waals surface area contributed by atoms with E-state index in [4.69, 9.17) is 18.9 Å². The maximum absolute atomic E-state index is 12.4. The van der Waals surface area contributed by atoms with Gasteiger partial charge < -0.3 is 29.6 Å². The number of amides is 2. The Balaban J connectivity index is 1.62. The van der Waals surface area contributed by atoms with Gasteiger partial charge in [-0.15, -0.1) is 0 Å². The van der Waals surface area contributed by atoms with Crippen LogP contribution < -0.4 is 29.6 Å². The average molecular weight is 463 g/mol. The van der Waals surface area contributed by atoms with E-state index in [0.717, 1.165) is 0 Å². The van der Waals surface area contributed by atoms with E-state index in [9.17, 15) is 9.59 Å². The van der Waals surface area contributed by atoms with E-state index < -0.39 is 0 Å². The van der Waals surface area contributed by atoms with Crippen LogP contribution in [0, 0.1) is 0 Å². The van der Waals surface area contributed by atoms with Gasteiger partial charge in [-0.1, -0.05) is 0 Å². The van der Waals surface area contributed by atoms with Gasteiger partial charge in [0, 0.05) is 23.0 Å². The largest absolute Gasteiger partial charge is 0.497 e. The van der Waals surface area contributed by atoms with Gasteiger partial charge >= 0.3 is 0 Å². The molecule has 2 N–H and O–H groups in total. The topological polar surface area (TPSA) is 95.1 Å². The van der Waals surface area contributed by atoms with Gasteiger partial charge in [-0.3, -0.25) is 9.59 Å². The van der Waals surface area contributed by atoms with Gasteiger partial charge in [0.05, 0.1) is 28.4 Å². The number of carbonyl (C=O) groups excluding carboxylic acids is 2. The molecule has 3 aromatic carbocycles. The van der Waals surface area contributed by atoms with Crippen molar-refractivity contribution in [2.45, 2.75) is 0 Å². The second-order valence-electron chi connectivity index (χ2n) is 7.04. The van der Waals surface area contributed by atoms with Crippen LogP contribution in [0.15, 0.2) is 66.7 Å². The molecule has 0 heterocycles. The average Bonchev–Trinajstić information content (AvgIpc) is 2.87. The molecule has 3 rings (SSSR count). The minimum absolute atomic E-state index is 0.259. The maximum atomic E-state index is 12.4. The predicted molar refractivity (Wildman–Crippen MR) is 131 cm³/mol. The number of hydrogen-bond donors (Lipinski definition) is 2. The lowest BCUT2D eigenvalue weighted by molar-refractivity contribution is -0.111. The third-order valence-electron chi connectivity index (χ3n) is 4.88. The molecule has 0 bridgehead atoms. The second-order valence-corrected chi connectivity index (χ2v) is 7.04. The Morgan fingerprint density at radius 2 is 1.26 bits per heavy atom. The third kappa shape index (κ3) is 6.07. The quantitative estimate of drug-likeness (QED) is 0.451. The monoisotopic (exact) mass is 462 g/mol. The van der Waals surface area contributed by atoms with Gasteiger partial charge in [0.2, 0.25) is 11.7 Å². The van der Waals surface area contributed by atoms with Crippen LogP contribution in [0.2, 0.25) is 0 Å². The summed E-state index contributed by atoms with van der Waals surface area (Å²) in [7, 11) is 6.16. The molecular formula is C26H26N2O6. The predicted octanol–water partition coefficient (Wildman–Crippen LogP) is 4.63. The van der Waals surface area contributed by atoms with Crippen molar-refractivity contribution in [3.63, 3.8) is 0 Å². The SMILES string of the molecule is COc1ccc(NC(=O)c2ccc(NC(=O)/C=C/c3cc(OC)c(OC)c(OC)c3)cc2)cc1. The van der Waals surface area contributed by atoms with Crippen molar-refractivity contribution in [1.29, 1.82) is 0 Å². The van der Waals surface area contributed by atoms with Gasteiger partial charge in [-0.2, -0.15) is 0 Å². The molecule has 0 radical (unpaired) electrons. The van der Waals surface area contributed by atoms with E-state index in [2.05, 4.69) is 10.6 Å². The molecule has 0 fully saturated rings. The number of anilines is 2. The molecule has 8 nitrogen and oxygen atoms in total. The first-order valence-corrected chi connectivity index (χ1v) is 10.3. The van der Waals surface area contributed by atoms with Crippen molar-refractivity contribution in [3.8, 4) is 23.0 Å². The summed E-state index contributed by atoms with van der Waals surface area (Å²) in [4.78, 5) is 24.8. The molecule has 0 aliphatic rings. The number of methoxy groups -OCH3 is 4. The van der Waals surface area contributed by atoms with E-state index in [-0.39, 0.29) is 11.8 Å². The first-order chi connectivity index (χ1) is 16.5. The number of nitrogens with one attached hydrogen (secondary N) is 2. The van der Waals surface area contributed by atoms with Crippen LogP contribution in [0.25, 0.3) is 6.08 Å². The van der Waals surface area contributed by atoms with Crippen molar-refractivity contribution in [2.75, 3.05) is 39.1 Å². The maximum Gasteiger partial charge on any atom is 0.255 e. The summed E-state index contributed by atoms with van der Waals surface area (Å²) in [6.07, 6.45) is 3.03. The van der Waals surface area contributed by atoms with Gasteiger partial charge in [0.1, 0.15) is 5.75 Å². The summed E-state index contributed by atoms with van der Waals surface area (Å²) < 4.78 is 21.1. The summed E-state index contributed by atoms with van der Waals surface area (Å²) in [5.74, 6) is 1.57. The summed E-state index contributed by atoms with van der Waals surface area (Å²) in [6.45, 7) is 0. The fourth-order valence-electron chi connectivity index (χ4n) is 3.14. The Bertz CT molecular complexity index is 1150. The molecule has 3 aromatic rings. The first kappa shape index (κ1) is 24.2. The number of carbonyl (C=O) groups is 2. The molecule has 0 aliphatic carbocycles. The molecule has 176 valence electrons. The Labute approximate surface area is 198 Å². The van der Waals surface area contributed by atoms with E-state index in [1.807, 2.05) is 0 Å². The van der Waals surface area contributed by atoms with Crippen LogP contribution in [0.5, 0.6) is 23.0 Å². The number of rotatable bonds is 9. The lowest BCUT2D eigenvalue weighted by Crippen LogP contribution is -2.12. The summed E-state index contributed by atoms with van der Waals surface area (Å²) in [5.41, 5.74) is 2.37. The standard InChI is InChI=1S/C26H26N2O6/c1-31-21-12-10-20(11-13-21)28-26(30)18-6-8-19(9-7-18)27-24(29)14-5-17-15-22(32-2)25(34-4)23(16-17)33-3/h5-16H,1-4H3,(H,27,29)(H,28,30)/b14-5+. The van der Waals surface area contributed by atoms with Crippen LogP contribution >= 0.6 is 0 Å². The van der Waals surface area contributed by atoms with Gasteiger partial charge in [-0.05, 0) is 72.3 Å². The smallest absolute Gasteiger partial charge is 0.255 e. The summed E-state index contributed by atoms with van der Waals surface area (Å²) >= 11 is 0. The highest BCUT2D eigenvalue weighted by Gasteiger charge is 2.12. The molecule has 0 unspecified atom stereocenters. The van der Waals surface area contributed by atoms with Crippen LogP contribution in [-0.2, 0) is 4.79 Å². The number of hydrogen-bond acceptors (Lipinski definition) is 6. The van der Waals surface area contributed by atoms with E-state index >= 15 is 0 Å². The lowest BCUT2D eigenvalue weighted by atomic mass is 10.1. The molecule has 0 saturated carbocycles. The van der Waals surface area contributed by atoms with Crippen molar-refractivity contribution in [1.82, 2.24) is 0 Å². The Morgan fingerprint density at radius 3 is 1.79 bits per heavy atom. The van der Waals surface area contributed by atoms with E-state index in [1.165, 1.54) is 27.4 Å². The van der Waals surface area contributed by atoms with Crippen LogP contribution in [0.3, 0.4) is 0 Å². The molecular weight excluding hydrogens is 436 g/mol. The Kier molecular flexibility index (Phi) is 8.12. The van der Waals surface area contributed by atoms with E-state index in [1.54, 1.807) is 73.8 Å². The molecule has 0 aliphatic heterocycles. The van der Waals surface area contributed by atoms with Gasteiger partial charge in [0.15, 0.2) is 11.5 Å². The normalized spacial score (nSPS) is 10.5. The molecule has 8 heteroatoms. The molecule has 0 saturated heterocycles. The Hall–Kier alpha value is -4.46. The zero-order chi connectivity index (χ0) is 24.5. The third-order valence-corrected chi connectivity index (χ3v) is 4.88. The highest BCUT2D eigenvalue weighted by molar-refractivity contribution is 6.05. The minimum Gasteiger partial charge on any atom is -0.497 e. The highest BCUT2D eigenvalue weighted by atomic mass is 16.5. The minimum atomic E-state index is -0.329. The van der Waals surface area contributed by atoms with Gasteiger partial charge in [0.25, 0.3) is 5.91 Å². The molecule has 0 atom stereocenters. The van der Waals surface area contributed by atoms with Gasteiger partial charge in [-0.25, -0.2) is 0 Å². The second kappa shape index (κ2) is 11.4. The van der Waals surface area contributed by atoms with Crippen molar-refractivity contribution < 1.29 is 28.5 Å². The summed E-state index contributed by atoms with van der Waals surface area (Å²) in [6, 6.07) is 17.1. The molecule has 0 spiro atoms. The number of ether oxygens (including phenoxy) is 4. The van der Waals surface area contributed by atoms with Crippen LogP contribution in [-0.4, -0.2) is 40.3 Å². The fourth-order valence-corrected chi connectivity index (χ4v) is 3.14. The fraction of sp³-hybridized carbons (Fsp3) is 0.154. The van der Waals surface area contributed by atoms with Crippen LogP contribution in [0.1, 0.15) is 15.9 Å². The van der Waals surface area contributed by atoms with Crippen LogP contribution in [0.4, 0.5) is 11.4 Å². The Morgan fingerprint density at radius 1 is 0.706 bits per heavy atom. The van der Waals surface area contributed by atoms with E-state index in [0.29, 0.717) is 45.5 Å². The van der Waals surface area contributed by atoms with Crippen molar-refractivity contribution >= 4 is 29.3 Å². The molecule has 0 aromatic heterocycles. The first-order valence-electron chi connectivity index (χ1n) is 10.3. The zero-order valence-electron chi connectivity index (χ0n) is 19.4. The molecule has 2 amide bonds. The van der Waals surface area contributed by atoms with Crippen molar-refractivity contribution in [2.24, 2.45) is 0 Å².